The Bertz CT molecular complexity index is 437. The van der Waals surface area contributed by atoms with E-state index in [-0.39, 0.29) is 19.1 Å². The Balaban J connectivity index is 2.36. The third-order valence-corrected chi connectivity index (χ3v) is 3.44. The van der Waals surface area contributed by atoms with Gasteiger partial charge in [0.1, 0.15) is 11.5 Å². The highest BCUT2D eigenvalue weighted by atomic mass is 32.2. The lowest BCUT2D eigenvalue weighted by atomic mass is 10.1. The molecule has 5 nitrogen and oxygen atoms in total. The lowest BCUT2D eigenvalue weighted by Gasteiger charge is -2.22. The Morgan fingerprint density at radius 3 is 2.80 bits per heavy atom. The maximum atomic E-state index is 11.6. The molecule has 1 amide bonds. The highest BCUT2D eigenvalue weighted by Gasteiger charge is 2.20. The molecule has 0 saturated carbocycles. The minimum absolute atomic E-state index is 0.0947. The molecule has 0 heterocycles. The number of aliphatic hydroxyl groups is 1. The zero-order chi connectivity index (χ0) is 15.0. The van der Waals surface area contributed by atoms with Crippen molar-refractivity contribution in [1.82, 2.24) is 5.32 Å². The Kier molecular flexibility index (Phi) is 6.67. The molecule has 1 atom stereocenters. The van der Waals surface area contributed by atoms with Crippen LogP contribution in [0.1, 0.15) is 6.92 Å². The van der Waals surface area contributed by atoms with Gasteiger partial charge in [-0.05, 0) is 25.3 Å². The second-order valence-electron chi connectivity index (χ2n) is 4.67. The van der Waals surface area contributed by atoms with E-state index in [9.17, 15) is 9.90 Å². The predicted molar refractivity (Wildman–Crippen MR) is 80.5 cm³/mol. The average molecular weight is 299 g/mol. The van der Waals surface area contributed by atoms with Crippen molar-refractivity contribution in [2.75, 3.05) is 32.3 Å². The molecule has 0 aliphatic rings. The van der Waals surface area contributed by atoms with Crippen LogP contribution in [0.5, 0.6) is 11.5 Å². The Hall–Kier alpha value is -1.40. The van der Waals surface area contributed by atoms with E-state index in [1.165, 1.54) is 11.8 Å². The molecule has 0 spiro atoms. The molecular formula is C14H21NO4S. The highest BCUT2D eigenvalue weighted by Crippen LogP contribution is 2.18. The first-order valence-electron chi connectivity index (χ1n) is 6.22. The summed E-state index contributed by atoms with van der Waals surface area (Å²) in [6.07, 6.45) is 1.90. The third kappa shape index (κ3) is 6.16. The van der Waals surface area contributed by atoms with Gasteiger partial charge in [-0.3, -0.25) is 4.79 Å². The fourth-order valence-corrected chi connectivity index (χ4v) is 2.27. The number of carbonyl (C=O) groups excluding carboxylic acids is 1. The average Bonchev–Trinajstić information content (AvgIpc) is 2.43. The smallest absolute Gasteiger partial charge is 0.258 e. The van der Waals surface area contributed by atoms with Crippen molar-refractivity contribution in [1.29, 1.82) is 0 Å². The summed E-state index contributed by atoms with van der Waals surface area (Å²) in [5.74, 6) is 1.53. The Morgan fingerprint density at radius 1 is 1.45 bits per heavy atom. The summed E-state index contributed by atoms with van der Waals surface area (Å²) in [4.78, 5) is 11.6. The molecule has 1 aromatic rings. The topological polar surface area (TPSA) is 67.8 Å². The van der Waals surface area contributed by atoms with Gasteiger partial charge < -0.3 is 19.9 Å². The summed E-state index contributed by atoms with van der Waals surface area (Å²) in [7, 11) is 1.57. The largest absolute Gasteiger partial charge is 0.497 e. The lowest BCUT2D eigenvalue weighted by molar-refractivity contribution is -0.124. The van der Waals surface area contributed by atoms with Gasteiger partial charge in [0, 0.05) is 18.4 Å². The number of ether oxygens (including phenoxy) is 2. The van der Waals surface area contributed by atoms with Gasteiger partial charge in [-0.1, -0.05) is 6.07 Å². The van der Waals surface area contributed by atoms with Crippen LogP contribution in [0.25, 0.3) is 0 Å². The third-order valence-electron chi connectivity index (χ3n) is 2.53. The lowest BCUT2D eigenvalue weighted by Crippen LogP contribution is -2.43. The van der Waals surface area contributed by atoms with Crippen LogP contribution in [-0.4, -0.2) is 48.9 Å². The van der Waals surface area contributed by atoms with E-state index in [0.29, 0.717) is 17.3 Å². The van der Waals surface area contributed by atoms with Gasteiger partial charge in [0.05, 0.1) is 12.7 Å². The van der Waals surface area contributed by atoms with Gasteiger partial charge in [0.15, 0.2) is 6.61 Å². The van der Waals surface area contributed by atoms with Crippen molar-refractivity contribution in [3.8, 4) is 11.5 Å². The summed E-state index contributed by atoms with van der Waals surface area (Å²) in [5.41, 5.74) is -0.912. The minimum Gasteiger partial charge on any atom is -0.497 e. The second-order valence-corrected chi connectivity index (χ2v) is 5.54. The molecule has 0 aromatic heterocycles. The number of benzene rings is 1. The SMILES string of the molecule is COc1cccc(OCC(=O)NC[C@](C)(O)CSC)c1. The number of rotatable bonds is 8. The monoisotopic (exact) mass is 299 g/mol. The van der Waals surface area contributed by atoms with Gasteiger partial charge in [-0.25, -0.2) is 0 Å². The fourth-order valence-electron chi connectivity index (χ4n) is 1.54. The van der Waals surface area contributed by atoms with Gasteiger partial charge >= 0.3 is 0 Å². The second kappa shape index (κ2) is 8.01. The summed E-state index contributed by atoms with van der Waals surface area (Å²) >= 11 is 1.53. The number of carbonyl (C=O) groups is 1. The van der Waals surface area contributed by atoms with Crippen LogP contribution < -0.4 is 14.8 Å². The van der Waals surface area contributed by atoms with Crippen molar-refractivity contribution >= 4 is 17.7 Å². The zero-order valence-electron chi connectivity index (χ0n) is 12.0. The van der Waals surface area contributed by atoms with E-state index in [4.69, 9.17) is 9.47 Å². The van der Waals surface area contributed by atoms with Gasteiger partial charge in [-0.2, -0.15) is 11.8 Å². The highest BCUT2D eigenvalue weighted by molar-refractivity contribution is 7.98. The van der Waals surface area contributed by atoms with Crippen molar-refractivity contribution in [3.63, 3.8) is 0 Å². The van der Waals surface area contributed by atoms with Crippen LogP contribution in [0.15, 0.2) is 24.3 Å². The maximum absolute atomic E-state index is 11.6. The van der Waals surface area contributed by atoms with Gasteiger partial charge in [-0.15, -0.1) is 0 Å². The van der Waals surface area contributed by atoms with Crippen LogP contribution in [0.2, 0.25) is 0 Å². The number of hydrogen-bond acceptors (Lipinski definition) is 5. The van der Waals surface area contributed by atoms with Crippen LogP contribution in [0.3, 0.4) is 0 Å². The molecule has 6 heteroatoms. The van der Waals surface area contributed by atoms with Crippen LogP contribution in [0.4, 0.5) is 0 Å². The number of methoxy groups -OCH3 is 1. The van der Waals surface area contributed by atoms with Crippen molar-refractivity contribution in [2.45, 2.75) is 12.5 Å². The zero-order valence-corrected chi connectivity index (χ0v) is 12.8. The molecule has 0 saturated heterocycles. The predicted octanol–water partition coefficient (Wildman–Crippen LogP) is 1.30. The number of amides is 1. The first kappa shape index (κ1) is 16.7. The Labute approximate surface area is 123 Å². The van der Waals surface area contributed by atoms with E-state index in [0.717, 1.165) is 0 Å². The maximum Gasteiger partial charge on any atom is 0.258 e. The molecule has 0 unspecified atom stereocenters. The fraction of sp³-hybridized carbons (Fsp3) is 0.500. The molecular weight excluding hydrogens is 278 g/mol. The van der Waals surface area contributed by atoms with Crippen molar-refractivity contribution < 1.29 is 19.4 Å². The quantitative estimate of drug-likeness (QED) is 0.757. The van der Waals surface area contributed by atoms with E-state index in [1.807, 2.05) is 6.26 Å². The van der Waals surface area contributed by atoms with Crippen LogP contribution in [-0.2, 0) is 4.79 Å². The molecule has 2 N–H and O–H groups in total. The normalized spacial score (nSPS) is 13.4. The first-order chi connectivity index (χ1) is 9.46. The van der Waals surface area contributed by atoms with Gasteiger partial charge in [0.25, 0.3) is 5.91 Å². The molecule has 1 rings (SSSR count). The molecule has 0 aliphatic carbocycles. The summed E-state index contributed by atoms with van der Waals surface area (Å²) < 4.78 is 10.4. The van der Waals surface area contributed by atoms with Crippen molar-refractivity contribution in [2.24, 2.45) is 0 Å². The molecule has 0 bridgehead atoms. The van der Waals surface area contributed by atoms with Crippen LogP contribution in [0, 0.1) is 0 Å². The summed E-state index contributed by atoms with van der Waals surface area (Å²) in [6.45, 7) is 1.79. The Morgan fingerprint density at radius 2 is 2.15 bits per heavy atom. The first-order valence-corrected chi connectivity index (χ1v) is 7.61. The van der Waals surface area contributed by atoms with E-state index in [2.05, 4.69) is 5.32 Å². The standard InChI is InChI=1S/C14H21NO4S/c1-14(17,10-20-3)9-15-13(16)8-19-12-6-4-5-11(7-12)18-2/h4-7,17H,8-10H2,1-3H3,(H,15,16)/t14-/m0/s1. The number of hydrogen-bond donors (Lipinski definition) is 2. The molecule has 0 aliphatic heterocycles. The van der Waals surface area contributed by atoms with Crippen LogP contribution >= 0.6 is 11.8 Å². The number of nitrogens with one attached hydrogen (secondary N) is 1. The molecule has 112 valence electrons. The van der Waals surface area contributed by atoms with E-state index < -0.39 is 5.60 Å². The molecule has 20 heavy (non-hydrogen) atoms. The molecule has 0 fully saturated rings. The van der Waals surface area contributed by atoms with E-state index in [1.54, 1.807) is 38.3 Å². The molecule has 0 radical (unpaired) electrons. The van der Waals surface area contributed by atoms with Gasteiger partial charge in [0.2, 0.25) is 0 Å². The minimum atomic E-state index is -0.912. The summed E-state index contributed by atoms with van der Waals surface area (Å²) in [6, 6.07) is 7.04. The van der Waals surface area contributed by atoms with Crippen molar-refractivity contribution in [3.05, 3.63) is 24.3 Å². The molecule has 1 aromatic carbocycles. The summed E-state index contributed by atoms with van der Waals surface area (Å²) in [5, 5.41) is 12.6. The number of thioether (sulfide) groups is 1. The van der Waals surface area contributed by atoms with E-state index >= 15 is 0 Å².